The number of hydrogen-bond acceptors (Lipinski definition) is 7. The van der Waals surface area contributed by atoms with Crippen LogP contribution in [0.4, 0.5) is 0 Å². The number of sulfone groups is 1. The summed E-state index contributed by atoms with van der Waals surface area (Å²) in [6.45, 7) is 1.74. The second kappa shape index (κ2) is 9.24. The molecule has 1 rings (SSSR count). The molecule has 0 aliphatic carbocycles. The number of hydrogen-bond donors (Lipinski definition) is 2. The topological polar surface area (TPSA) is 94.1 Å². The third-order valence-corrected chi connectivity index (χ3v) is 3.93. The van der Waals surface area contributed by atoms with Crippen LogP contribution in [0.2, 0.25) is 0 Å². The first-order valence-corrected chi connectivity index (χ1v) is 8.26. The Morgan fingerprint density at radius 1 is 1.25 bits per heavy atom. The van der Waals surface area contributed by atoms with Gasteiger partial charge >= 0.3 is 0 Å². The summed E-state index contributed by atoms with van der Waals surface area (Å²) in [7, 11) is -3.10. The van der Waals surface area contributed by atoms with Crippen LogP contribution in [0.25, 0.3) is 0 Å². The summed E-state index contributed by atoms with van der Waals surface area (Å²) in [6.07, 6.45) is 1.54. The van der Waals surface area contributed by atoms with Gasteiger partial charge in [-0.25, -0.2) is 8.42 Å². The Morgan fingerprint density at radius 3 is 2.50 bits per heavy atom. The predicted molar refractivity (Wildman–Crippen MR) is 77.1 cm³/mol. The molecule has 116 valence electrons. The Hall–Kier alpha value is -0.740. The van der Waals surface area contributed by atoms with E-state index in [0.29, 0.717) is 26.4 Å². The first-order chi connectivity index (χ1) is 9.53. The molecule has 0 bridgehead atoms. The van der Waals surface area contributed by atoms with Crippen LogP contribution in [-0.2, 0) is 24.0 Å². The van der Waals surface area contributed by atoms with Crippen molar-refractivity contribution in [1.82, 2.24) is 5.32 Å². The van der Waals surface area contributed by atoms with Gasteiger partial charge in [0.05, 0.1) is 44.8 Å². The molecule has 7 nitrogen and oxygen atoms in total. The van der Waals surface area contributed by atoms with E-state index in [1.807, 2.05) is 0 Å². The van der Waals surface area contributed by atoms with Gasteiger partial charge in [-0.2, -0.15) is 0 Å². The van der Waals surface area contributed by atoms with Crippen molar-refractivity contribution in [2.45, 2.75) is 6.04 Å². The van der Waals surface area contributed by atoms with Gasteiger partial charge in [-0.05, 0) is 18.3 Å². The average Bonchev–Trinajstić information content (AvgIpc) is 2.72. The molecule has 0 aromatic rings. The number of ether oxygens (including phenoxy) is 3. The monoisotopic (exact) mass is 325 g/mol. The number of aliphatic hydroxyl groups is 1. The quantitative estimate of drug-likeness (QED) is 0.421. The van der Waals surface area contributed by atoms with Gasteiger partial charge < -0.3 is 24.6 Å². The van der Waals surface area contributed by atoms with E-state index < -0.39 is 9.84 Å². The van der Waals surface area contributed by atoms with Crippen LogP contribution in [0.1, 0.15) is 0 Å². The van der Waals surface area contributed by atoms with Crippen molar-refractivity contribution >= 4 is 27.2 Å². The number of thiocarbonyl (C=S) groups is 1. The van der Waals surface area contributed by atoms with Crippen LogP contribution in [-0.4, -0.2) is 70.1 Å². The van der Waals surface area contributed by atoms with Crippen molar-refractivity contribution in [2.24, 2.45) is 0 Å². The second-order valence-corrected chi connectivity index (χ2v) is 6.30. The molecule has 0 spiro atoms. The number of aliphatic hydroxyl groups excluding tert-OH is 1. The zero-order chi connectivity index (χ0) is 14.8. The molecule has 2 N–H and O–H groups in total. The molecule has 0 radical (unpaired) electrons. The fourth-order valence-electron chi connectivity index (χ4n) is 1.44. The summed E-state index contributed by atoms with van der Waals surface area (Å²) in [6, 6.07) is -0.333. The molecule has 1 atom stereocenters. The Balaban J connectivity index is 1.97. The maximum Gasteiger partial charge on any atom is 0.257 e. The molecular formula is C11H19NO6S2. The highest BCUT2D eigenvalue weighted by Crippen LogP contribution is 2.07. The van der Waals surface area contributed by atoms with Gasteiger partial charge in [0.25, 0.3) is 5.17 Å². The van der Waals surface area contributed by atoms with Crippen molar-refractivity contribution < 1.29 is 27.7 Å². The number of nitrogens with one attached hydrogen (secondary N) is 1. The van der Waals surface area contributed by atoms with Crippen LogP contribution in [0.15, 0.2) is 11.5 Å². The van der Waals surface area contributed by atoms with E-state index in [1.165, 1.54) is 5.41 Å². The van der Waals surface area contributed by atoms with Gasteiger partial charge in [0.2, 0.25) is 0 Å². The zero-order valence-corrected chi connectivity index (χ0v) is 12.6. The highest BCUT2D eigenvalue weighted by molar-refractivity contribution is 7.94. The van der Waals surface area contributed by atoms with E-state index in [9.17, 15) is 8.42 Å². The largest absolute Gasteiger partial charge is 0.469 e. The molecule has 0 fully saturated rings. The average molecular weight is 325 g/mol. The van der Waals surface area contributed by atoms with Crippen LogP contribution < -0.4 is 5.32 Å². The van der Waals surface area contributed by atoms with Crippen LogP contribution in [0.3, 0.4) is 0 Å². The minimum atomic E-state index is -3.10. The molecule has 0 aromatic carbocycles. The molecule has 0 unspecified atom stereocenters. The Labute approximate surface area is 123 Å². The Kier molecular flexibility index (Phi) is 8.00. The molecule has 0 saturated heterocycles. The highest BCUT2D eigenvalue weighted by Gasteiger charge is 2.22. The molecule has 0 saturated carbocycles. The molecular weight excluding hydrogens is 306 g/mol. The summed E-state index contributed by atoms with van der Waals surface area (Å²) >= 11 is 4.93. The third kappa shape index (κ3) is 7.75. The normalized spacial score (nSPS) is 19.9. The van der Waals surface area contributed by atoms with Crippen molar-refractivity contribution in [1.29, 1.82) is 0 Å². The fraction of sp³-hybridized carbons (Fsp3) is 0.727. The minimum Gasteiger partial charge on any atom is -0.469 e. The summed E-state index contributed by atoms with van der Waals surface area (Å²) < 4.78 is 37.7. The van der Waals surface area contributed by atoms with E-state index in [2.05, 4.69) is 5.32 Å². The van der Waals surface area contributed by atoms with Gasteiger partial charge in [0.15, 0.2) is 9.84 Å². The summed E-state index contributed by atoms with van der Waals surface area (Å²) in [5, 5.41) is 12.6. The van der Waals surface area contributed by atoms with E-state index in [4.69, 9.17) is 31.5 Å². The van der Waals surface area contributed by atoms with Gasteiger partial charge in [-0.3, -0.25) is 0 Å². The number of rotatable bonds is 9. The lowest BCUT2D eigenvalue weighted by Gasteiger charge is -2.13. The summed E-state index contributed by atoms with van der Waals surface area (Å²) in [4.78, 5) is 0. The smallest absolute Gasteiger partial charge is 0.257 e. The van der Waals surface area contributed by atoms with Crippen LogP contribution in [0.5, 0.6) is 0 Å². The summed E-state index contributed by atoms with van der Waals surface area (Å²) in [5.74, 6) is -0.00477. The molecule has 0 amide bonds. The fourth-order valence-corrected chi connectivity index (χ4v) is 2.91. The zero-order valence-electron chi connectivity index (χ0n) is 11.0. The van der Waals surface area contributed by atoms with E-state index in [1.54, 1.807) is 6.08 Å². The van der Waals surface area contributed by atoms with Crippen LogP contribution in [0, 0.1) is 0 Å². The Bertz CT molecular complexity index is 423. The van der Waals surface area contributed by atoms with Crippen molar-refractivity contribution in [3.8, 4) is 0 Å². The maximum atomic E-state index is 11.2. The lowest BCUT2D eigenvalue weighted by Crippen LogP contribution is -2.36. The lowest BCUT2D eigenvalue weighted by atomic mass is 10.3. The van der Waals surface area contributed by atoms with E-state index in [-0.39, 0.29) is 30.2 Å². The first kappa shape index (κ1) is 17.3. The lowest BCUT2D eigenvalue weighted by molar-refractivity contribution is 0.0235. The molecule has 1 heterocycles. The third-order valence-electron chi connectivity index (χ3n) is 2.30. The van der Waals surface area contributed by atoms with Gasteiger partial charge in [0, 0.05) is 5.41 Å². The molecule has 20 heavy (non-hydrogen) atoms. The Morgan fingerprint density at radius 2 is 1.90 bits per heavy atom. The second-order valence-electron chi connectivity index (χ2n) is 3.99. The van der Waals surface area contributed by atoms with Gasteiger partial charge in [-0.1, -0.05) is 0 Å². The SMILES string of the molecule is O=S1(=O)C=C[C@@H](NC(=S)OCCOCCOCCO)C1. The van der Waals surface area contributed by atoms with E-state index >= 15 is 0 Å². The van der Waals surface area contributed by atoms with Crippen molar-refractivity contribution in [3.05, 3.63) is 11.5 Å². The van der Waals surface area contributed by atoms with E-state index in [0.717, 1.165) is 0 Å². The molecule has 0 aromatic heterocycles. The predicted octanol–water partition coefficient (Wildman–Crippen LogP) is -0.786. The first-order valence-electron chi connectivity index (χ1n) is 6.14. The summed E-state index contributed by atoms with van der Waals surface area (Å²) in [5.41, 5.74) is 0. The van der Waals surface area contributed by atoms with Gasteiger partial charge in [-0.15, -0.1) is 0 Å². The molecule has 1 aliphatic heterocycles. The highest BCUT2D eigenvalue weighted by atomic mass is 32.2. The van der Waals surface area contributed by atoms with Gasteiger partial charge in [0.1, 0.15) is 6.61 Å². The molecule has 1 aliphatic rings. The van der Waals surface area contributed by atoms with Crippen molar-refractivity contribution in [3.63, 3.8) is 0 Å². The van der Waals surface area contributed by atoms with Crippen molar-refractivity contribution in [2.75, 3.05) is 45.4 Å². The standard InChI is InChI=1S/C11H19NO6S2/c13-2-3-16-4-5-17-6-7-18-11(19)12-10-1-8-20(14,15)9-10/h1,8,10,13H,2-7,9H2,(H,12,19)/t10-/m1/s1. The maximum absolute atomic E-state index is 11.2. The van der Waals surface area contributed by atoms with Crippen LogP contribution >= 0.6 is 12.2 Å². The molecule has 9 heteroatoms. The minimum absolute atomic E-state index is 0.00477.